The molecule has 0 saturated carbocycles. The van der Waals surface area contributed by atoms with Gasteiger partial charge in [-0.3, -0.25) is 14.9 Å². The van der Waals surface area contributed by atoms with Gasteiger partial charge in [0.25, 0.3) is 11.6 Å². The summed E-state index contributed by atoms with van der Waals surface area (Å²) in [5, 5.41) is 16.8. The zero-order chi connectivity index (χ0) is 20.1. The molecule has 2 aromatic rings. The van der Waals surface area contributed by atoms with Gasteiger partial charge in [-0.15, -0.1) is 0 Å². The van der Waals surface area contributed by atoms with Gasteiger partial charge < -0.3 is 15.4 Å². The highest BCUT2D eigenvalue weighted by atomic mass is 35.5. The highest BCUT2D eigenvalue weighted by Gasteiger charge is 2.23. The Kier molecular flexibility index (Phi) is 6.59. The number of ether oxygens (including phenoxy) is 1. The number of nitrogens with zero attached hydrogens (tertiary/aromatic N) is 1. The molecule has 0 bridgehead atoms. The Balaban J connectivity index is 2.13. The molecule has 1 atom stereocenters. The topological polar surface area (TPSA) is 111 Å². The maximum absolute atomic E-state index is 12.4. The van der Waals surface area contributed by atoms with Crippen LogP contribution in [0, 0.1) is 10.1 Å². The lowest BCUT2D eigenvalue weighted by molar-refractivity contribution is -0.384. The lowest BCUT2D eigenvalue weighted by Crippen LogP contribution is -2.30. The number of benzene rings is 2. The van der Waals surface area contributed by atoms with E-state index in [1.54, 1.807) is 13.1 Å². The van der Waals surface area contributed by atoms with E-state index in [2.05, 4.69) is 10.6 Å². The second-order valence-electron chi connectivity index (χ2n) is 5.40. The number of esters is 1. The molecule has 0 unspecified atom stereocenters. The standard InChI is InChI=1S/C17H15Cl2N3O5/c1-9(16(23)21-15-5-3-10(18)7-13(15)19)27-17(24)12-8-11(22(25)26)4-6-14(12)20-2/h3-9,20H,1-2H3,(H,21,23)/t9-/m0/s1. The number of nitro benzene ring substituents is 1. The van der Waals surface area contributed by atoms with Crippen LogP contribution in [0.2, 0.25) is 10.0 Å². The third-order valence-corrected chi connectivity index (χ3v) is 4.09. The highest BCUT2D eigenvalue weighted by Crippen LogP contribution is 2.26. The van der Waals surface area contributed by atoms with Crippen molar-refractivity contribution >= 4 is 52.1 Å². The van der Waals surface area contributed by atoms with Crippen LogP contribution in [0.15, 0.2) is 36.4 Å². The Bertz CT molecular complexity index is 904. The van der Waals surface area contributed by atoms with Gasteiger partial charge in [0.05, 0.1) is 21.2 Å². The minimum Gasteiger partial charge on any atom is -0.449 e. The molecule has 0 aliphatic rings. The SMILES string of the molecule is CNc1ccc([N+](=O)[O-])cc1C(=O)O[C@@H](C)C(=O)Nc1ccc(Cl)cc1Cl. The first-order valence-corrected chi connectivity index (χ1v) is 8.41. The summed E-state index contributed by atoms with van der Waals surface area (Å²) in [5.74, 6) is -1.50. The van der Waals surface area contributed by atoms with E-state index in [4.69, 9.17) is 27.9 Å². The summed E-state index contributed by atoms with van der Waals surface area (Å²) in [4.78, 5) is 34.9. The Morgan fingerprint density at radius 1 is 1.15 bits per heavy atom. The molecule has 2 N–H and O–H groups in total. The van der Waals surface area contributed by atoms with Crippen LogP contribution in [0.25, 0.3) is 0 Å². The quantitative estimate of drug-likeness (QED) is 0.419. The molecule has 8 nitrogen and oxygen atoms in total. The number of nitrogens with one attached hydrogen (secondary N) is 2. The third kappa shape index (κ3) is 5.08. The first kappa shape index (κ1) is 20.5. The Morgan fingerprint density at radius 2 is 1.81 bits per heavy atom. The lowest BCUT2D eigenvalue weighted by Gasteiger charge is -2.15. The number of anilines is 2. The maximum Gasteiger partial charge on any atom is 0.341 e. The Labute approximate surface area is 164 Å². The van der Waals surface area contributed by atoms with Crippen LogP contribution in [0.5, 0.6) is 0 Å². The van der Waals surface area contributed by atoms with E-state index in [-0.39, 0.29) is 16.3 Å². The fraction of sp³-hybridized carbons (Fsp3) is 0.176. The third-order valence-electron chi connectivity index (χ3n) is 3.55. The van der Waals surface area contributed by atoms with Crippen LogP contribution in [-0.4, -0.2) is 30.0 Å². The summed E-state index contributed by atoms with van der Waals surface area (Å²) in [6, 6.07) is 8.22. The van der Waals surface area contributed by atoms with Crippen molar-refractivity contribution in [2.45, 2.75) is 13.0 Å². The molecule has 142 valence electrons. The summed E-state index contributed by atoms with van der Waals surface area (Å²) < 4.78 is 5.13. The molecule has 0 fully saturated rings. The van der Waals surface area contributed by atoms with Crippen LogP contribution < -0.4 is 10.6 Å². The van der Waals surface area contributed by atoms with Crippen molar-refractivity contribution in [3.05, 3.63) is 62.1 Å². The monoisotopic (exact) mass is 411 g/mol. The number of hydrogen-bond acceptors (Lipinski definition) is 6. The van der Waals surface area contributed by atoms with Gasteiger partial charge >= 0.3 is 5.97 Å². The van der Waals surface area contributed by atoms with E-state index in [9.17, 15) is 19.7 Å². The van der Waals surface area contributed by atoms with Gasteiger partial charge in [-0.1, -0.05) is 23.2 Å². The number of carbonyl (C=O) groups is 2. The van der Waals surface area contributed by atoms with E-state index in [1.807, 2.05) is 0 Å². The van der Waals surface area contributed by atoms with Crippen molar-refractivity contribution in [2.75, 3.05) is 17.7 Å². The summed E-state index contributed by atoms with van der Waals surface area (Å²) in [6.07, 6.45) is -1.17. The summed E-state index contributed by atoms with van der Waals surface area (Å²) in [5.41, 5.74) is 0.307. The highest BCUT2D eigenvalue weighted by molar-refractivity contribution is 6.36. The number of amides is 1. The molecule has 1 amide bonds. The fourth-order valence-electron chi connectivity index (χ4n) is 2.14. The molecule has 0 spiro atoms. The van der Waals surface area contributed by atoms with Gasteiger partial charge in [0.15, 0.2) is 6.10 Å². The first-order valence-electron chi connectivity index (χ1n) is 7.66. The van der Waals surface area contributed by atoms with E-state index in [0.717, 1.165) is 6.07 Å². The first-order chi connectivity index (χ1) is 12.7. The number of rotatable bonds is 6. The predicted octanol–water partition coefficient (Wildman–Crippen LogP) is 4.13. The van der Waals surface area contributed by atoms with Gasteiger partial charge in [-0.2, -0.15) is 0 Å². The summed E-state index contributed by atoms with van der Waals surface area (Å²) in [6.45, 7) is 1.37. The largest absolute Gasteiger partial charge is 0.449 e. The average Bonchev–Trinajstić information content (AvgIpc) is 2.63. The van der Waals surface area contributed by atoms with Gasteiger partial charge in [0.2, 0.25) is 0 Å². The predicted molar refractivity (Wildman–Crippen MR) is 103 cm³/mol. The van der Waals surface area contributed by atoms with E-state index in [1.165, 1.54) is 31.2 Å². The van der Waals surface area contributed by atoms with E-state index < -0.39 is 22.9 Å². The summed E-state index contributed by atoms with van der Waals surface area (Å²) in [7, 11) is 1.55. The lowest BCUT2D eigenvalue weighted by atomic mass is 10.1. The second kappa shape index (κ2) is 8.70. The van der Waals surface area contributed by atoms with Gasteiger partial charge in [0, 0.05) is 29.9 Å². The van der Waals surface area contributed by atoms with Crippen molar-refractivity contribution in [1.29, 1.82) is 0 Å². The maximum atomic E-state index is 12.4. The van der Waals surface area contributed by atoms with Gasteiger partial charge in [-0.25, -0.2) is 4.79 Å². The zero-order valence-corrected chi connectivity index (χ0v) is 15.8. The second-order valence-corrected chi connectivity index (χ2v) is 6.24. The normalized spacial score (nSPS) is 11.4. The minimum absolute atomic E-state index is 0.0594. The number of hydrogen-bond donors (Lipinski definition) is 2. The van der Waals surface area contributed by atoms with Crippen molar-refractivity contribution in [3.63, 3.8) is 0 Å². The molecule has 2 rings (SSSR count). The molecular formula is C17H15Cl2N3O5. The molecule has 2 aromatic carbocycles. The van der Waals surface area contributed by atoms with Crippen LogP contribution in [0.4, 0.5) is 17.1 Å². The molecule has 0 saturated heterocycles. The number of carbonyl (C=O) groups excluding carboxylic acids is 2. The van der Waals surface area contributed by atoms with E-state index in [0.29, 0.717) is 16.4 Å². The molecule has 0 radical (unpaired) electrons. The molecule has 27 heavy (non-hydrogen) atoms. The molecule has 10 heteroatoms. The fourth-order valence-corrected chi connectivity index (χ4v) is 2.59. The van der Waals surface area contributed by atoms with Crippen LogP contribution >= 0.6 is 23.2 Å². The zero-order valence-electron chi connectivity index (χ0n) is 14.3. The van der Waals surface area contributed by atoms with Crippen molar-refractivity contribution in [1.82, 2.24) is 0 Å². The van der Waals surface area contributed by atoms with Crippen LogP contribution in [-0.2, 0) is 9.53 Å². The molecule has 0 aliphatic heterocycles. The minimum atomic E-state index is -1.17. The molecule has 0 aliphatic carbocycles. The smallest absolute Gasteiger partial charge is 0.341 e. The summed E-state index contributed by atoms with van der Waals surface area (Å²) >= 11 is 11.8. The van der Waals surface area contributed by atoms with Gasteiger partial charge in [0.1, 0.15) is 0 Å². The van der Waals surface area contributed by atoms with Crippen LogP contribution in [0.1, 0.15) is 17.3 Å². The van der Waals surface area contributed by atoms with Crippen molar-refractivity contribution in [2.24, 2.45) is 0 Å². The van der Waals surface area contributed by atoms with E-state index >= 15 is 0 Å². The molecule has 0 aromatic heterocycles. The van der Waals surface area contributed by atoms with Crippen LogP contribution in [0.3, 0.4) is 0 Å². The Morgan fingerprint density at radius 3 is 2.41 bits per heavy atom. The number of halogens is 2. The van der Waals surface area contributed by atoms with Gasteiger partial charge in [-0.05, 0) is 31.2 Å². The molecule has 0 heterocycles. The Hall–Kier alpha value is -2.84. The average molecular weight is 412 g/mol. The van der Waals surface area contributed by atoms with Crippen molar-refractivity contribution < 1.29 is 19.2 Å². The number of nitro groups is 1. The molecular weight excluding hydrogens is 397 g/mol. The van der Waals surface area contributed by atoms with Crippen molar-refractivity contribution in [3.8, 4) is 0 Å². The number of non-ortho nitro benzene ring substituents is 1.